The molecule has 2 bridgehead atoms. The molecule has 0 N–H and O–H groups in total. The van der Waals surface area contributed by atoms with Gasteiger partial charge in [0.05, 0.1) is 49.9 Å². The Bertz CT molecular complexity index is 1360. The molecule has 1 heterocycles. The minimum absolute atomic E-state index is 0.00876. The number of hydrogen-bond acceptors (Lipinski definition) is 10. The molecular weight excluding hydrogens is 498 g/mol. The second kappa shape index (κ2) is 9.61. The van der Waals surface area contributed by atoms with Crippen molar-refractivity contribution < 1.29 is 38.3 Å². The van der Waals surface area contributed by atoms with Crippen molar-refractivity contribution in [3.05, 3.63) is 63.7 Å². The van der Waals surface area contributed by atoms with Crippen molar-refractivity contribution in [2.24, 2.45) is 28.8 Å². The van der Waals surface area contributed by atoms with Gasteiger partial charge in [-0.25, -0.2) is 4.79 Å². The van der Waals surface area contributed by atoms with Gasteiger partial charge in [0.15, 0.2) is 11.5 Å². The van der Waals surface area contributed by atoms with Crippen LogP contribution in [0, 0.1) is 33.8 Å². The predicted octanol–water partition coefficient (Wildman–Crippen LogP) is 2.98. The molecule has 2 aliphatic carbocycles. The first kappa shape index (κ1) is 24.9. The molecule has 0 unspecified atom stereocenters. The fourth-order valence-electron chi connectivity index (χ4n) is 5.37. The molecule has 196 valence electrons. The van der Waals surface area contributed by atoms with Gasteiger partial charge in [0.2, 0.25) is 11.5 Å². The first-order valence-electron chi connectivity index (χ1n) is 11.7. The molecule has 0 aromatic heterocycles. The first-order chi connectivity index (χ1) is 18.3. The van der Waals surface area contributed by atoms with Crippen LogP contribution in [0.5, 0.6) is 23.0 Å². The molecular formula is C26H23N3O9. The summed E-state index contributed by atoms with van der Waals surface area (Å²) in [5.74, 6) is -2.42. The highest BCUT2D eigenvalue weighted by Crippen LogP contribution is 2.52. The number of allylic oxidation sites excluding steroid dienone is 2. The van der Waals surface area contributed by atoms with Crippen molar-refractivity contribution in [2.75, 3.05) is 21.3 Å². The number of benzene rings is 2. The molecule has 2 amide bonds. The highest BCUT2D eigenvalue weighted by Gasteiger charge is 2.59. The van der Waals surface area contributed by atoms with Crippen LogP contribution < -0.4 is 18.9 Å². The van der Waals surface area contributed by atoms with E-state index in [-0.39, 0.29) is 40.2 Å². The highest BCUT2D eigenvalue weighted by atomic mass is 16.6. The number of hydrogen-bond donors (Lipinski definition) is 0. The number of carbonyl (C=O) groups is 3. The number of nitro benzene ring substituents is 1. The lowest BCUT2D eigenvalue weighted by Gasteiger charge is -2.14. The molecule has 2 aromatic carbocycles. The largest absolute Gasteiger partial charge is 0.493 e. The molecule has 12 nitrogen and oxygen atoms in total. The average molecular weight is 521 g/mol. The number of esters is 1. The van der Waals surface area contributed by atoms with Gasteiger partial charge in [-0.15, -0.1) is 0 Å². The van der Waals surface area contributed by atoms with Crippen molar-refractivity contribution in [3.8, 4) is 23.0 Å². The Kier molecular flexibility index (Phi) is 6.31. The van der Waals surface area contributed by atoms with Crippen molar-refractivity contribution in [3.63, 3.8) is 0 Å². The minimum Gasteiger partial charge on any atom is -0.493 e. The maximum Gasteiger partial charge on any atom is 0.344 e. The van der Waals surface area contributed by atoms with E-state index >= 15 is 0 Å². The van der Waals surface area contributed by atoms with Gasteiger partial charge in [-0.2, -0.15) is 10.1 Å². The number of fused-ring (bicyclic) bond motifs is 5. The number of carbonyl (C=O) groups excluding carboxylic acids is 3. The number of imide groups is 1. The van der Waals surface area contributed by atoms with Gasteiger partial charge in [-0.05, 0) is 36.5 Å². The number of amides is 2. The predicted molar refractivity (Wildman–Crippen MR) is 131 cm³/mol. The standard InChI is InChI=1S/C26H23N3O9/c1-35-18-10-16(11-19(36-2)23(18)37-3)26(32)38-22-15(5-4-6-17(22)29(33)34)12-27-28-24(30)20-13-7-8-14(9-13)21(20)25(28)31/h4-8,10-14,20-21H,9H2,1-3H3/t13-,14-,20-,21+/m0/s1. The van der Waals surface area contributed by atoms with E-state index in [9.17, 15) is 24.5 Å². The third-order valence-electron chi connectivity index (χ3n) is 7.08. The van der Waals surface area contributed by atoms with Crippen LogP contribution in [0.25, 0.3) is 0 Å². The lowest BCUT2D eigenvalue weighted by atomic mass is 9.85. The van der Waals surface area contributed by atoms with Crippen molar-refractivity contribution >= 4 is 29.7 Å². The molecule has 12 heteroatoms. The third kappa shape index (κ3) is 3.94. The SMILES string of the molecule is COc1cc(C(=O)Oc2c(C=NN3C(=O)[C@@H]4[C@H](C3=O)[C@H]3C=C[C@H]4C3)cccc2[N+](=O)[O-])cc(OC)c1OC. The number of nitro groups is 1. The Balaban J connectivity index is 1.46. The van der Waals surface area contributed by atoms with Crippen LogP contribution in [-0.2, 0) is 9.59 Å². The van der Waals surface area contributed by atoms with Crippen molar-refractivity contribution in [1.29, 1.82) is 0 Å². The van der Waals surface area contributed by atoms with E-state index in [4.69, 9.17) is 18.9 Å². The zero-order valence-electron chi connectivity index (χ0n) is 20.7. The molecule has 2 fully saturated rings. The van der Waals surface area contributed by atoms with Gasteiger partial charge in [-0.3, -0.25) is 19.7 Å². The normalized spacial score (nSPS) is 23.2. The van der Waals surface area contributed by atoms with E-state index in [1.54, 1.807) is 0 Å². The van der Waals surface area contributed by atoms with Crippen molar-refractivity contribution in [2.45, 2.75) is 6.42 Å². The second-order valence-corrected chi connectivity index (χ2v) is 8.99. The molecule has 4 atom stereocenters. The summed E-state index contributed by atoms with van der Waals surface area (Å²) in [4.78, 5) is 50.0. The number of rotatable bonds is 8. The van der Waals surface area contributed by atoms with Crippen molar-refractivity contribution in [1.82, 2.24) is 5.01 Å². The van der Waals surface area contributed by atoms with Crippen LogP contribution in [0.1, 0.15) is 22.3 Å². The Morgan fingerprint density at radius 1 is 1.00 bits per heavy atom. The molecule has 3 aliphatic rings. The zero-order chi connectivity index (χ0) is 27.1. The topological polar surface area (TPSA) is 147 Å². The monoisotopic (exact) mass is 521 g/mol. The van der Waals surface area contributed by atoms with Gasteiger partial charge in [0, 0.05) is 11.6 Å². The molecule has 38 heavy (non-hydrogen) atoms. The maximum atomic E-state index is 13.1. The van der Waals surface area contributed by atoms with E-state index in [1.165, 1.54) is 45.6 Å². The Labute approximate surface area is 216 Å². The summed E-state index contributed by atoms with van der Waals surface area (Å²) in [5.41, 5.74) is -0.507. The van der Waals surface area contributed by atoms with Gasteiger partial charge < -0.3 is 18.9 Å². The molecule has 5 rings (SSSR count). The Morgan fingerprint density at radius 3 is 2.13 bits per heavy atom. The molecule has 1 aliphatic heterocycles. The quantitative estimate of drug-likeness (QED) is 0.0972. The van der Waals surface area contributed by atoms with E-state index in [0.717, 1.165) is 23.7 Å². The maximum absolute atomic E-state index is 13.1. The minimum atomic E-state index is -0.946. The number of methoxy groups -OCH3 is 3. The number of hydrazone groups is 1. The second-order valence-electron chi connectivity index (χ2n) is 8.99. The van der Waals surface area contributed by atoms with Gasteiger partial charge in [0.25, 0.3) is 11.8 Å². The smallest absolute Gasteiger partial charge is 0.344 e. The van der Waals surface area contributed by atoms with Crippen LogP contribution in [-0.4, -0.2) is 55.3 Å². The fourth-order valence-corrected chi connectivity index (χ4v) is 5.37. The average Bonchev–Trinajstić information content (AvgIpc) is 3.60. The van der Waals surface area contributed by atoms with Crippen LogP contribution in [0.2, 0.25) is 0 Å². The molecule has 1 saturated heterocycles. The molecule has 1 saturated carbocycles. The lowest BCUT2D eigenvalue weighted by Crippen LogP contribution is -2.28. The number of ether oxygens (including phenoxy) is 4. The summed E-state index contributed by atoms with van der Waals surface area (Å²) < 4.78 is 21.2. The summed E-state index contributed by atoms with van der Waals surface area (Å²) in [6.07, 6.45) is 5.81. The zero-order valence-corrected chi connectivity index (χ0v) is 20.7. The summed E-state index contributed by atoms with van der Waals surface area (Å²) in [7, 11) is 4.15. The summed E-state index contributed by atoms with van der Waals surface area (Å²) >= 11 is 0. The van der Waals surface area contributed by atoms with Crippen LogP contribution in [0.4, 0.5) is 5.69 Å². The number of nitrogens with zero attached hydrogens (tertiary/aromatic N) is 3. The summed E-state index contributed by atoms with van der Waals surface area (Å²) in [6, 6.07) is 6.65. The van der Waals surface area contributed by atoms with E-state index in [1.807, 2.05) is 12.2 Å². The van der Waals surface area contributed by atoms with Crippen LogP contribution in [0.15, 0.2) is 47.6 Å². The first-order valence-corrected chi connectivity index (χ1v) is 11.7. The fraction of sp³-hybridized carbons (Fsp3) is 0.308. The Hall–Kier alpha value is -4.74. The lowest BCUT2D eigenvalue weighted by molar-refractivity contribution is -0.385. The molecule has 0 spiro atoms. The Morgan fingerprint density at radius 2 is 1.61 bits per heavy atom. The summed E-state index contributed by atoms with van der Waals surface area (Å²) in [5, 5.41) is 16.6. The van der Waals surface area contributed by atoms with Crippen LogP contribution >= 0.6 is 0 Å². The van der Waals surface area contributed by atoms with E-state index in [2.05, 4.69) is 5.10 Å². The summed E-state index contributed by atoms with van der Waals surface area (Å²) in [6.45, 7) is 0. The van der Waals surface area contributed by atoms with Crippen LogP contribution in [0.3, 0.4) is 0 Å². The molecule has 0 radical (unpaired) electrons. The number of para-hydroxylation sites is 1. The van der Waals surface area contributed by atoms with Gasteiger partial charge >= 0.3 is 11.7 Å². The molecule has 2 aromatic rings. The third-order valence-corrected chi connectivity index (χ3v) is 7.08. The highest BCUT2D eigenvalue weighted by molar-refractivity contribution is 6.07. The van der Waals surface area contributed by atoms with E-state index in [0.29, 0.717) is 0 Å². The van der Waals surface area contributed by atoms with Gasteiger partial charge in [0.1, 0.15) is 0 Å². The van der Waals surface area contributed by atoms with E-state index < -0.39 is 46.0 Å². The van der Waals surface area contributed by atoms with Gasteiger partial charge in [-0.1, -0.05) is 18.2 Å².